The number of hydrogen-bond donors (Lipinski definition) is 3. The van der Waals surface area contributed by atoms with Crippen molar-refractivity contribution in [2.24, 2.45) is 5.92 Å². The van der Waals surface area contributed by atoms with E-state index in [2.05, 4.69) is 10.3 Å². The molecule has 0 radical (unpaired) electrons. The number of fused-ring (bicyclic) bond motifs is 1. The first-order valence-electron chi connectivity index (χ1n) is 10.9. The average Bonchev–Trinajstić information content (AvgIpc) is 3.15. The Morgan fingerprint density at radius 3 is 2.53 bits per heavy atom. The van der Waals surface area contributed by atoms with Crippen molar-refractivity contribution >= 4 is 33.1 Å². The number of aromatic nitrogens is 2. The lowest BCUT2D eigenvalue weighted by molar-refractivity contribution is 0.0794. The number of aliphatic hydroxyl groups excluding tert-OH is 1. The Morgan fingerprint density at radius 2 is 1.91 bits per heavy atom. The van der Waals surface area contributed by atoms with Crippen molar-refractivity contribution in [1.29, 1.82) is 0 Å². The molecular weight excluding hydrogens is 429 g/mol. The Kier molecular flexibility index (Phi) is 6.29. The number of hydrogen-bond acceptors (Lipinski definition) is 6. The summed E-state index contributed by atoms with van der Waals surface area (Å²) < 4.78 is 14.7. The van der Waals surface area contributed by atoms with Gasteiger partial charge in [-0.05, 0) is 70.6 Å². The number of pyridine rings is 1. The van der Waals surface area contributed by atoms with Crippen LogP contribution in [0.3, 0.4) is 0 Å². The summed E-state index contributed by atoms with van der Waals surface area (Å²) in [6, 6.07) is 6.00. The fraction of sp³-hybridized carbons (Fsp3) is 0.458. The lowest BCUT2D eigenvalue weighted by atomic mass is 9.83. The van der Waals surface area contributed by atoms with Gasteiger partial charge in [0.05, 0.1) is 20.8 Å². The maximum Gasteiger partial charge on any atom is 0.274 e. The van der Waals surface area contributed by atoms with E-state index in [1.807, 2.05) is 12.1 Å². The Hall–Kier alpha value is -2.42. The van der Waals surface area contributed by atoms with Crippen LogP contribution in [0, 0.1) is 18.7 Å². The van der Waals surface area contributed by atoms with E-state index in [1.54, 1.807) is 32.1 Å². The average molecular weight is 458 g/mol. The number of nitrogens with zero attached hydrogens (tertiary/aromatic N) is 2. The van der Waals surface area contributed by atoms with Gasteiger partial charge in [0, 0.05) is 35.5 Å². The number of rotatable bonds is 5. The van der Waals surface area contributed by atoms with Crippen molar-refractivity contribution in [3.63, 3.8) is 0 Å². The molecule has 0 atom stereocenters. The molecule has 1 amide bonds. The molecule has 1 aromatic carbocycles. The van der Waals surface area contributed by atoms with Gasteiger partial charge in [-0.1, -0.05) is 0 Å². The van der Waals surface area contributed by atoms with E-state index in [4.69, 9.17) is 4.98 Å². The molecule has 0 aliphatic heterocycles. The van der Waals surface area contributed by atoms with Crippen molar-refractivity contribution in [2.75, 3.05) is 11.9 Å². The zero-order chi connectivity index (χ0) is 23.0. The molecule has 6 nitrogen and oxygen atoms in total. The zero-order valence-corrected chi connectivity index (χ0v) is 19.3. The number of aryl methyl sites for hydroxylation is 1. The number of carbonyl (C=O) groups is 1. The van der Waals surface area contributed by atoms with Crippen molar-refractivity contribution in [3.05, 3.63) is 52.0 Å². The molecule has 1 aliphatic rings. The summed E-state index contributed by atoms with van der Waals surface area (Å²) in [6.07, 6.45) is 3.98. The van der Waals surface area contributed by atoms with Crippen LogP contribution in [0.15, 0.2) is 24.3 Å². The van der Waals surface area contributed by atoms with Crippen LogP contribution < -0.4 is 5.32 Å². The summed E-state index contributed by atoms with van der Waals surface area (Å²) in [7, 11) is 0. The first kappa shape index (κ1) is 22.8. The quantitative estimate of drug-likeness (QED) is 0.507. The number of halogens is 1. The highest BCUT2D eigenvalue weighted by molar-refractivity contribution is 7.18. The number of aliphatic hydroxyl groups is 2. The molecule has 0 saturated heterocycles. The van der Waals surface area contributed by atoms with Crippen molar-refractivity contribution in [3.8, 4) is 0 Å². The van der Waals surface area contributed by atoms with E-state index in [0.717, 1.165) is 47.0 Å². The number of carbonyl (C=O) groups excluding carboxylic acids is 1. The van der Waals surface area contributed by atoms with Crippen LogP contribution in [0.25, 0.3) is 10.2 Å². The monoisotopic (exact) mass is 457 g/mol. The first-order valence-corrected chi connectivity index (χ1v) is 11.7. The molecule has 1 aliphatic carbocycles. The zero-order valence-electron chi connectivity index (χ0n) is 18.5. The van der Waals surface area contributed by atoms with Crippen LogP contribution in [0.1, 0.15) is 72.2 Å². The number of nitrogens with one attached hydrogen (secondary N) is 1. The standard InChI is InChI=1S/C24H28FN3O3S/c1-13-8-16(25)9-20(26-13)22(30)27-18-11-21-19(10-17(18)24(2,3)31)28-23(32-21)15-6-4-14(12-29)5-7-15/h8-11,14-15,29,31H,4-7,12H2,1-3H3,(H,27,30). The van der Waals surface area contributed by atoms with Crippen LogP contribution in [0.4, 0.5) is 10.1 Å². The van der Waals surface area contributed by atoms with Gasteiger partial charge in [0.2, 0.25) is 0 Å². The van der Waals surface area contributed by atoms with Crippen molar-refractivity contribution < 1.29 is 19.4 Å². The fourth-order valence-electron chi connectivity index (χ4n) is 4.30. The largest absolute Gasteiger partial charge is 0.396 e. The van der Waals surface area contributed by atoms with Crippen LogP contribution in [0.2, 0.25) is 0 Å². The Balaban J connectivity index is 1.67. The second kappa shape index (κ2) is 8.84. The summed E-state index contributed by atoms with van der Waals surface area (Å²) in [5, 5.41) is 24.0. The number of anilines is 1. The highest BCUT2D eigenvalue weighted by Crippen LogP contribution is 2.41. The molecule has 1 fully saturated rings. The van der Waals surface area contributed by atoms with Gasteiger partial charge in [-0.2, -0.15) is 0 Å². The molecule has 170 valence electrons. The second-order valence-electron chi connectivity index (χ2n) is 9.14. The molecule has 0 unspecified atom stereocenters. The van der Waals surface area contributed by atoms with Crippen LogP contribution in [0.5, 0.6) is 0 Å². The SMILES string of the molecule is Cc1cc(F)cc(C(=O)Nc2cc3sc(C4CCC(CO)CC4)nc3cc2C(C)(C)O)n1. The minimum Gasteiger partial charge on any atom is -0.396 e. The number of thiazole rings is 1. The summed E-state index contributed by atoms with van der Waals surface area (Å²) in [5.41, 5.74) is 0.950. The smallest absolute Gasteiger partial charge is 0.274 e. The third-order valence-corrected chi connectivity index (χ3v) is 7.24. The highest BCUT2D eigenvalue weighted by Gasteiger charge is 2.27. The number of benzene rings is 1. The molecule has 0 spiro atoms. The minimum absolute atomic E-state index is 0.0186. The van der Waals surface area contributed by atoms with Gasteiger partial charge in [-0.15, -0.1) is 11.3 Å². The van der Waals surface area contributed by atoms with Crippen LogP contribution in [-0.2, 0) is 5.60 Å². The Labute approximate surface area is 190 Å². The van der Waals surface area contributed by atoms with Gasteiger partial charge in [-0.25, -0.2) is 14.4 Å². The summed E-state index contributed by atoms with van der Waals surface area (Å²) in [6.45, 7) is 5.17. The van der Waals surface area contributed by atoms with Gasteiger partial charge in [-0.3, -0.25) is 4.79 Å². The molecular formula is C24H28FN3O3S. The van der Waals surface area contributed by atoms with Crippen molar-refractivity contribution in [2.45, 2.75) is 58.0 Å². The van der Waals surface area contributed by atoms with Gasteiger partial charge < -0.3 is 15.5 Å². The minimum atomic E-state index is -1.22. The van der Waals surface area contributed by atoms with Gasteiger partial charge in [0.15, 0.2) is 0 Å². The van der Waals surface area contributed by atoms with Gasteiger partial charge in [0.25, 0.3) is 5.91 Å². The highest BCUT2D eigenvalue weighted by atomic mass is 32.1. The molecule has 3 aromatic rings. The van der Waals surface area contributed by atoms with Crippen molar-refractivity contribution in [1.82, 2.24) is 9.97 Å². The fourth-order valence-corrected chi connectivity index (χ4v) is 5.45. The van der Waals surface area contributed by atoms with Gasteiger partial charge in [0.1, 0.15) is 11.5 Å². The predicted octanol–water partition coefficient (Wildman–Crippen LogP) is 4.88. The second-order valence-corrected chi connectivity index (χ2v) is 10.2. The summed E-state index contributed by atoms with van der Waals surface area (Å²) in [4.78, 5) is 21.7. The third kappa shape index (κ3) is 4.82. The number of amides is 1. The summed E-state index contributed by atoms with van der Waals surface area (Å²) >= 11 is 1.59. The topological polar surface area (TPSA) is 95.3 Å². The predicted molar refractivity (Wildman–Crippen MR) is 124 cm³/mol. The van der Waals surface area contributed by atoms with E-state index in [-0.39, 0.29) is 12.3 Å². The first-order chi connectivity index (χ1) is 15.1. The van der Waals surface area contributed by atoms with E-state index < -0.39 is 17.3 Å². The van der Waals surface area contributed by atoms with Crippen LogP contribution >= 0.6 is 11.3 Å². The molecule has 4 rings (SSSR count). The lowest BCUT2D eigenvalue weighted by Crippen LogP contribution is -2.21. The van der Waals surface area contributed by atoms with E-state index in [0.29, 0.717) is 28.8 Å². The molecule has 32 heavy (non-hydrogen) atoms. The third-order valence-electron chi connectivity index (χ3n) is 6.06. The van der Waals surface area contributed by atoms with Gasteiger partial charge >= 0.3 is 0 Å². The molecule has 8 heteroatoms. The Morgan fingerprint density at radius 1 is 1.19 bits per heavy atom. The molecule has 2 aromatic heterocycles. The maximum atomic E-state index is 13.7. The molecule has 3 N–H and O–H groups in total. The molecule has 2 heterocycles. The maximum absolute atomic E-state index is 13.7. The molecule has 0 bridgehead atoms. The van der Waals surface area contributed by atoms with E-state index in [9.17, 15) is 19.4 Å². The normalized spacial score (nSPS) is 19.3. The summed E-state index contributed by atoms with van der Waals surface area (Å²) in [5.74, 6) is -0.323. The van der Waals surface area contributed by atoms with E-state index in [1.165, 1.54) is 6.07 Å². The Bertz CT molecular complexity index is 1130. The lowest BCUT2D eigenvalue weighted by Gasteiger charge is -2.25. The van der Waals surface area contributed by atoms with Crippen LogP contribution in [-0.4, -0.2) is 32.7 Å². The molecule has 1 saturated carbocycles. The van der Waals surface area contributed by atoms with E-state index >= 15 is 0 Å².